The molecule has 0 spiro atoms. The first-order chi connectivity index (χ1) is 13.1. The number of amides is 1. The van der Waals surface area contributed by atoms with Gasteiger partial charge < -0.3 is 10.6 Å². The first-order valence-electron chi connectivity index (χ1n) is 9.15. The summed E-state index contributed by atoms with van der Waals surface area (Å²) in [6, 6.07) is 10.8. The van der Waals surface area contributed by atoms with E-state index in [1.165, 1.54) is 6.07 Å². The van der Waals surface area contributed by atoms with Crippen LogP contribution in [0.3, 0.4) is 0 Å². The monoisotopic (exact) mass is 388 g/mol. The molecule has 3 nitrogen and oxygen atoms in total. The van der Waals surface area contributed by atoms with E-state index in [2.05, 4.69) is 10.6 Å². The minimum Gasteiger partial charge on any atom is -0.355 e. The van der Waals surface area contributed by atoms with Gasteiger partial charge in [-0.15, -0.1) is 0 Å². The van der Waals surface area contributed by atoms with E-state index in [1.807, 2.05) is 45.0 Å². The van der Waals surface area contributed by atoms with Crippen LogP contribution in [0, 0.1) is 0 Å². The van der Waals surface area contributed by atoms with E-state index < -0.39 is 17.2 Å². The van der Waals surface area contributed by atoms with E-state index in [9.17, 15) is 18.0 Å². The van der Waals surface area contributed by atoms with Crippen molar-refractivity contribution in [2.75, 3.05) is 11.9 Å². The lowest BCUT2D eigenvalue weighted by Gasteiger charge is -2.23. The second kappa shape index (κ2) is 7.34. The Morgan fingerprint density at radius 3 is 2.57 bits per heavy atom. The molecule has 2 N–H and O–H groups in total. The minimum absolute atomic E-state index is 0.00447. The molecule has 0 aliphatic carbocycles. The van der Waals surface area contributed by atoms with Gasteiger partial charge >= 0.3 is 6.18 Å². The molecule has 0 aromatic heterocycles. The summed E-state index contributed by atoms with van der Waals surface area (Å²) in [5.74, 6) is -0.00447. The summed E-state index contributed by atoms with van der Waals surface area (Å²) in [7, 11) is 0. The van der Waals surface area contributed by atoms with Crippen molar-refractivity contribution in [2.24, 2.45) is 0 Å². The van der Waals surface area contributed by atoms with Crippen molar-refractivity contribution in [3.8, 4) is 0 Å². The Hall–Kier alpha value is -2.76. The Bertz CT molecular complexity index is 934. The maximum absolute atomic E-state index is 13.0. The van der Waals surface area contributed by atoms with Gasteiger partial charge in [0.05, 0.1) is 11.0 Å². The predicted octanol–water partition coefficient (Wildman–Crippen LogP) is 5.65. The highest BCUT2D eigenvalue weighted by atomic mass is 19.4. The van der Waals surface area contributed by atoms with Gasteiger partial charge in [0, 0.05) is 23.5 Å². The van der Waals surface area contributed by atoms with Crippen molar-refractivity contribution in [1.82, 2.24) is 5.32 Å². The average Bonchev–Trinajstić information content (AvgIpc) is 3.00. The SMILES string of the molecule is C/C=C(\C)c1cc(C2(C)CCNC2=O)ccc1Nc1cccc(C(F)(F)F)c1. The first-order valence-corrected chi connectivity index (χ1v) is 9.15. The second-order valence-electron chi connectivity index (χ2n) is 7.27. The zero-order valence-corrected chi connectivity index (χ0v) is 16.1. The molecule has 6 heteroatoms. The van der Waals surface area contributed by atoms with Gasteiger partial charge in [-0.1, -0.05) is 18.2 Å². The van der Waals surface area contributed by atoms with Crippen molar-refractivity contribution in [2.45, 2.75) is 38.8 Å². The molecule has 1 aliphatic rings. The molecule has 148 valence electrons. The molecule has 1 heterocycles. The molecule has 1 fully saturated rings. The van der Waals surface area contributed by atoms with Crippen molar-refractivity contribution in [3.63, 3.8) is 0 Å². The van der Waals surface area contributed by atoms with Crippen LogP contribution < -0.4 is 10.6 Å². The maximum Gasteiger partial charge on any atom is 0.416 e. The highest BCUT2D eigenvalue weighted by Crippen LogP contribution is 2.37. The zero-order chi connectivity index (χ0) is 20.5. The van der Waals surface area contributed by atoms with Gasteiger partial charge in [0.15, 0.2) is 0 Å². The number of hydrogen-bond acceptors (Lipinski definition) is 2. The standard InChI is InChI=1S/C22H23F3N2O/c1-4-14(2)18-13-15(21(3)10-11-26-20(21)28)8-9-19(18)27-17-7-5-6-16(12-17)22(23,24)25/h4-9,12-13,27H,10-11H2,1-3H3,(H,26,28)/b14-4+. The van der Waals surface area contributed by atoms with Crippen LogP contribution in [0.2, 0.25) is 0 Å². The summed E-state index contributed by atoms with van der Waals surface area (Å²) < 4.78 is 39.0. The van der Waals surface area contributed by atoms with Crippen LogP contribution in [0.5, 0.6) is 0 Å². The third-order valence-electron chi connectivity index (χ3n) is 5.40. The Kier molecular flexibility index (Phi) is 5.24. The number of rotatable bonds is 4. The average molecular weight is 388 g/mol. The van der Waals surface area contributed by atoms with Gasteiger partial charge in [-0.3, -0.25) is 4.79 Å². The molecule has 0 saturated carbocycles. The van der Waals surface area contributed by atoms with Crippen molar-refractivity contribution in [1.29, 1.82) is 0 Å². The third kappa shape index (κ3) is 3.77. The highest BCUT2D eigenvalue weighted by molar-refractivity contribution is 5.90. The summed E-state index contributed by atoms with van der Waals surface area (Å²) in [4.78, 5) is 12.3. The van der Waals surface area contributed by atoms with Crippen molar-refractivity contribution < 1.29 is 18.0 Å². The number of anilines is 2. The van der Waals surface area contributed by atoms with Crippen molar-refractivity contribution >= 4 is 22.9 Å². The van der Waals surface area contributed by atoms with Crippen LogP contribution in [-0.2, 0) is 16.4 Å². The molecule has 1 saturated heterocycles. The van der Waals surface area contributed by atoms with E-state index in [-0.39, 0.29) is 5.91 Å². The number of halogens is 3. The highest BCUT2D eigenvalue weighted by Gasteiger charge is 2.39. The lowest BCUT2D eigenvalue weighted by Crippen LogP contribution is -2.32. The fourth-order valence-corrected chi connectivity index (χ4v) is 3.42. The molecule has 0 radical (unpaired) electrons. The summed E-state index contributed by atoms with van der Waals surface area (Å²) in [6.07, 6.45) is -1.75. The van der Waals surface area contributed by atoms with E-state index in [1.54, 1.807) is 6.07 Å². The summed E-state index contributed by atoms with van der Waals surface area (Å²) in [5, 5.41) is 5.97. The lowest BCUT2D eigenvalue weighted by molar-refractivity contribution is -0.137. The summed E-state index contributed by atoms with van der Waals surface area (Å²) >= 11 is 0. The molecule has 0 bridgehead atoms. The molecule has 2 aromatic carbocycles. The summed E-state index contributed by atoms with van der Waals surface area (Å²) in [6.45, 7) is 6.39. The zero-order valence-electron chi connectivity index (χ0n) is 16.1. The molecule has 1 unspecified atom stereocenters. The largest absolute Gasteiger partial charge is 0.416 e. The van der Waals surface area contributed by atoms with Gasteiger partial charge in [0.25, 0.3) is 0 Å². The minimum atomic E-state index is -4.39. The van der Waals surface area contributed by atoms with Crippen LogP contribution >= 0.6 is 0 Å². The quantitative estimate of drug-likeness (QED) is 0.711. The van der Waals surface area contributed by atoms with Crippen LogP contribution in [0.15, 0.2) is 48.5 Å². The molecular weight excluding hydrogens is 365 g/mol. The number of benzene rings is 2. The molecule has 28 heavy (non-hydrogen) atoms. The van der Waals surface area contributed by atoms with Crippen LogP contribution in [0.4, 0.5) is 24.5 Å². The number of nitrogens with one attached hydrogen (secondary N) is 2. The molecule has 1 aliphatic heterocycles. The second-order valence-corrected chi connectivity index (χ2v) is 7.27. The molecule has 1 amide bonds. The Labute approximate surface area is 162 Å². The van der Waals surface area contributed by atoms with E-state index in [4.69, 9.17) is 0 Å². The number of allylic oxidation sites excluding steroid dienone is 2. The van der Waals surface area contributed by atoms with Gasteiger partial charge in [0.2, 0.25) is 5.91 Å². The van der Waals surface area contributed by atoms with Gasteiger partial charge in [0.1, 0.15) is 0 Å². The molecule has 3 rings (SSSR count). The number of carbonyl (C=O) groups is 1. The fourth-order valence-electron chi connectivity index (χ4n) is 3.42. The van der Waals surface area contributed by atoms with Crippen LogP contribution in [0.25, 0.3) is 5.57 Å². The first kappa shape index (κ1) is 20.0. The Balaban J connectivity index is 2.01. The smallest absolute Gasteiger partial charge is 0.355 e. The summed E-state index contributed by atoms with van der Waals surface area (Å²) in [5.41, 5.74) is 2.48. The maximum atomic E-state index is 13.0. The van der Waals surface area contributed by atoms with E-state index in [0.29, 0.717) is 24.3 Å². The third-order valence-corrected chi connectivity index (χ3v) is 5.40. The Morgan fingerprint density at radius 1 is 1.21 bits per heavy atom. The molecular formula is C22H23F3N2O. The topological polar surface area (TPSA) is 41.1 Å². The normalized spacial score (nSPS) is 20.2. The number of alkyl halides is 3. The van der Waals surface area contributed by atoms with E-state index >= 15 is 0 Å². The lowest BCUT2D eigenvalue weighted by atomic mass is 9.80. The molecule has 2 aromatic rings. The van der Waals surface area contributed by atoms with Crippen molar-refractivity contribution in [3.05, 3.63) is 65.2 Å². The Morgan fingerprint density at radius 2 is 1.96 bits per heavy atom. The van der Waals surface area contributed by atoms with Gasteiger partial charge in [-0.25, -0.2) is 0 Å². The predicted molar refractivity (Wildman–Crippen MR) is 105 cm³/mol. The van der Waals surface area contributed by atoms with Crippen LogP contribution in [-0.4, -0.2) is 12.5 Å². The molecule has 1 atom stereocenters. The van der Waals surface area contributed by atoms with Crippen LogP contribution in [0.1, 0.15) is 43.9 Å². The number of hydrogen-bond donors (Lipinski definition) is 2. The van der Waals surface area contributed by atoms with Gasteiger partial charge in [-0.05, 0) is 68.7 Å². The van der Waals surface area contributed by atoms with Gasteiger partial charge in [-0.2, -0.15) is 13.2 Å². The number of carbonyl (C=O) groups excluding carboxylic acids is 1. The fraction of sp³-hybridized carbons (Fsp3) is 0.318. The van der Waals surface area contributed by atoms with E-state index in [0.717, 1.165) is 28.8 Å².